The molecule has 2 saturated heterocycles. The monoisotopic (exact) mass is 654 g/mol. The van der Waals surface area contributed by atoms with Crippen molar-refractivity contribution in [1.82, 2.24) is 0 Å². The summed E-state index contributed by atoms with van der Waals surface area (Å²) in [7, 11) is 0. The van der Waals surface area contributed by atoms with E-state index in [1.54, 1.807) is 11.1 Å². The van der Waals surface area contributed by atoms with Crippen molar-refractivity contribution in [1.29, 1.82) is 0 Å². The fourth-order valence-corrected chi connectivity index (χ4v) is 11.3. The van der Waals surface area contributed by atoms with E-state index in [0.717, 1.165) is 0 Å². The molecule has 50 heavy (non-hydrogen) atoms. The first-order valence-electron chi connectivity index (χ1n) is 19.7. The highest BCUT2D eigenvalue weighted by Crippen LogP contribution is 2.54. The van der Waals surface area contributed by atoms with Crippen LogP contribution in [-0.4, -0.2) is 24.2 Å². The van der Waals surface area contributed by atoms with E-state index < -0.39 is 0 Å². The molecule has 9 unspecified atom stereocenters. The number of fused-ring (bicyclic) bond motifs is 6. The Morgan fingerprint density at radius 3 is 2.10 bits per heavy atom. The molecule has 0 N–H and O–H groups in total. The summed E-state index contributed by atoms with van der Waals surface area (Å²) in [6.45, 7) is 0. The molecule has 0 bridgehead atoms. The van der Waals surface area contributed by atoms with Crippen LogP contribution in [0.3, 0.4) is 0 Å². The summed E-state index contributed by atoms with van der Waals surface area (Å²) in [5.41, 5.74) is 10.1. The average molecular weight is 655 g/mol. The Kier molecular flexibility index (Phi) is 7.81. The molecular formula is C48H50N2. The Hall–Kier alpha value is -4.30. The van der Waals surface area contributed by atoms with E-state index in [2.05, 4.69) is 149 Å². The number of anilines is 2. The van der Waals surface area contributed by atoms with Crippen molar-refractivity contribution in [3.05, 3.63) is 151 Å². The summed E-state index contributed by atoms with van der Waals surface area (Å²) in [5, 5.41) is 0. The largest absolute Gasteiger partial charge is 0.364 e. The van der Waals surface area contributed by atoms with Crippen molar-refractivity contribution in [2.75, 3.05) is 9.80 Å². The zero-order valence-corrected chi connectivity index (χ0v) is 29.2. The van der Waals surface area contributed by atoms with E-state index in [1.165, 1.54) is 85.9 Å². The first-order valence-corrected chi connectivity index (χ1v) is 19.7. The van der Waals surface area contributed by atoms with Crippen molar-refractivity contribution in [2.45, 2.75) is 82.0 Å². The summed E-state index contributed by atoms with van der Waals surface area (Å²) >= 11 is 0. The highest BCUT2D eigenvalue weighted by atomic mass is 15.2. The van der Waals surface area contributed by atoms with Gasteiger partial charge < -0.3 is 9.80 Å². The normalized spacial score (nSPS) is 33.7. The van der Waals surface area contributed by atoms with Crippen LogP contribution in [0.4, 0.5) is 11.4 Å². The number of allylic oxidation sites excluding steroid dienone is 6. The summed E-state index contributed by atoms with van der Waals surface area (Å²) in [6, 6.07) is 32.1. The van der Waals surface area contributed by atoms with Crippen molar-refractivity contribution in [3.8, 4) is 11.1 Å². The predicted octanol–water partition coefficient (Wildman–Crippen LogP) is 11.4. The minimum absolute atomic E-state index is 0.418. The maximum Gasteiger partial charge on any atom is 0.0548 e. The van der Waals surface area contributed by atoms with Crippen LogP contribution in [0.15, 0.2) is 145 Å². The van der Waals surface area contributed by atoms with E-state index in [1.807, 2.05) is 0 Å². The first-order chi connectivity index (χ1) is 24.8. The summed E-state index contributed by atoms with van der Waals surface area (Å²) < 4.78 is 0. The van der Waals surface area contributed by atoms with Crippen molar-refractivity contribution < 1.29 is 0 Å². The van der Waals surface area contributed by atoms with Gasteiger partial charge in [0.15, 0.2) is 0 Å². The van der Waals surface area contributed by atoms with Gasteiger partial charge in [0.25, 0.3) is 0 Å². The molecule has 5 aliphatic carbocycles. The third-order valence-electron chi connectivity index (χ3n) is 13.5. The van der Waals surface area contributed by atoms with Gasteiger partial charge in [0, 0.05) is 59.1 Å². The fraction of sp³-hybridized carbons (Fsp3) is 0.375. The molecule has 0 saturated carbocycles. The van der Waals surface area contributed by atoms with Gasteiger partial charge in [-0.15, -0.1) is 0 Å². The molecule has 0 amide bonds. The molecule has 2 heterocycles. The molecule has 0 spiro atoms. The minimum Gasteiger partial charge on any atom is -0.364 e. The van der Waals surface area contributed by atoms with Crippen LogP contribution in [-0.2, 0) is 0 Å². The molecule has 252 valence electrons. The van der Waals surface area contributed by atoms with Crippen LogP contribution in [0, 0.1) is 29.6 Å². The summed E-state index contributed by atoms with van der Waals surface area (Å²) in [5.74, 6) is 2.84. The highest BCUT2D eigenvalue weighted by Gasteiger charge is 2.53. The third kappa shape index (κ3) is 5.12. The zero-order chi connectivity index (χ0) is 33.0. The van der Waals surface area contributed by atoms with Gasteiger partial charge in [-0.2, -0.15) is 0 Å². The quantitative estimate of drug-likeness (QED) is 0.253. The molecule has 9 atom stereocenters. The topological polar surface area (TPSA) is 6.48 Å². The van der Waals surface area contributed by atoms with Gasteiger partial charge in [-0.1, -0.05) is 121 Å². The standard InChI is InChI=1S/C48H50N2/c1-3-12-33(13-4-1)35-22-27-38(28-23-35)49-45-20-9-8-17-42(45)44-32-37(26-31-47(44)49)40-18-11-19-43-41-16-7-10-21-46(41)50(48(40)43)39-29-24-36(25-30-39)34-14-5-2-6-15-34/h1,3-4,7-9,11-14,16-17,19-20,22-25,27-30,32,40-48H,2,5-6,10,15,18,21,26,31H2. The molecule has 3 aromatic rings. The third-order valence-corrected chi connectivity index (χ3v) is 13.5. The molecular weight excluding hydrogens is 605 g/mol. The lowest BCUT2D eigenvalue weighted by Gasteiger charge is -2.43. The van der Waals surface area contributed by atoms with E-state index in [9.17, 15) is 0 Å². The Balaban J connectivity index is 0.973. The molecule has 0 radical (unpaired) electrons. The smallest absolute Gasteiger partial charge is 0.0548 e. The van der Waals surface area contributed by atoms with Crippen LogP contribution >= 0.6 is 0 Å². The van der Waals surface area contributed by atoms with Crippen molar-refractivity contribution in [3.63, 3.8) is 0 Å². The van der Waals surface area contributed by atoms with Crippen LogP contribution in [0.1, 0.15) is 63.4 Å². The van der Waals surface area contributed by atoms with Gasteiger partial charge >= 0.3 is 0 Å². The lowest BCUT2D eigenvalue weighted by atomic mass is 9.69. The molecule has 0 aromatic heterocycles. The fourth-order valence-electron chi connectivity index (χ4n) is 11.3. The maximum atomic E-state index is 2.93. The zero-order valence-electron chi connectivity index (χ0n) is 29.2. The van der Waals surface area contributed by atoms with Crippen molar-refractivity contribution >= 4 is 16.9 Å². The molecule has 2 heteroatoms. The van der Waals surface area contributed by atoms with Crippen LogP contribution in [0.5, 0.6) is 0 Å². The van der Waals surface area contributed by atoms with E-state index >= 15 is 0 Å². The predicted molar refractivity (Wildman–Crippen MR) is 210 cm³/mol. The second kappa shape index (κ2) is 12.8. The molecule has 2 aliphatic heterocycles. The lowest BCUT2D eigenvalue weighted by molar-refractivity contribution is 0.351. The van der Waals surface area contributed by atoms with Gasteiger partial charge in [-0.05, 0) is 104 Å². The van der Waals surface area contributed by atoms with Gasteiger partial charge in [-0.25, -0.2) is 0 Å². The average Bonchev–Trinajstić information content (AvgIpc) is 3.71. The van der Waals surface area contributed by atoms with E-state index in [0.29, 0.717) is 53.8 Å². The SMILES string of the molecule is C1=CC2C3C=C(C4CC=CC5C6C=CCCC6N(c6ccc(C7=CCCCC7)cc6)C45)CCC3N(c3ccc(-c4ccccc4)cc3)C2C=C1. The van der Waals surface area contributed by atoms with Gasteiger partial charge in [0.1, 0.15) is 0 Å². The Bertz CT molecular complexity index is 1890. The summed E-state index contributed by atoms with van der Waals surface area (Å²) in [4.78, 5) is 5.71. The van der Waals surface area contributed by atoms with E-state index in [4.69, 9.17) is 0 Å². The Morgan fingerprint density at radius 1 is 0.540 bits per heavy atom. The second-order valence-electron chi connectivity index (χ2n) is 16.0. The van der Waals surface area contributed by atoms with E-state index in [-0.39, 0.29) is 0 Å². The summed E-state index contributed by atoms with van der Waals surface area (Å²) in [6.07, 6.45) is 36.4. The number of nitrogens with zero attached hydrogens (tertiary/aromatic N) is 2. The number of rotatable bonds is 5. The molecule has 10 rings (SSSR count). The maximum absolute atomic E-state index is 2.93. The Morgan fingerprint density at radius 2 is 1.28 bits per heavy atom. The Labute approximate surface area is 299 Å². The van der Waals surface area contributed by atoms with Crippen LogP contribution in [0.25, 0.3) is 16.7 Å². The van der Waals surface area contributed by atoms with Gasteiger partial charge in [0.05, 0.1) is 6.04 Å². The number of benzene rings is 3. The minimum atomic E-state index is 0.418. The second-order valence-corrected chi connectivity index (χ2v) is 16.0. The molecule has 2 nitrogen and oxygen atoms in total. The van der Waals surface area contributed by atoms with Crippen LogP contribution in [0.2, 0.25) is 0 Å². The molecule has 7 aliphatic rings. The number of hydrogen-bond acceptors (Lipinski definition) is 2. The van der Waals surface area contributed by atoms with Gasteiger partial charge in [0.2, 0.25) is 0 Å². The molecule has 2 fully saturated rings. The first kappa shape index (κ1) is 30.5. The highest BCUT2D eigenvalue weighted by molar-refractivity contribution is 5.69. The van der Waals surface area contributed by atoms with Gasteiger partial charge in [-0.3, -0.25) is 0 Å². The lowest BCUT2D eigenvalue weighted by Crippen LogP contribution is -2.45. The molecule has 3 aromatic carbocycles. The van der Waals surface area contributed by atoms with Crippen molar-refractivity contribution in [2.24, 2.45) is 29.6 Å². The number of hydrogen-bond donors (Lipinski definition) is 0. The van der Waals surface area contributed by atoms with Crippen LogP contribution < -0.4 is 9.80 Å².